The summed E-state index contributed by atoms with van der Waals surface area (Å²) in [6, 6.07) is 136. The van der Waals surface area contributed by atoms with Gasteiger partial charge in [0.15, 0.2) is 0 Å². The highest BCUT2D eigenvalue weighted by Gasteiger charge is 2.36. The fraction of sp³-hybridized carbons (Fsp3) is 0.115. The van der Waals surface area contributed by atoms with Crippen molar-refractivity contribution in [3.05, 3.63) is 427 Å². The van der Waals surface area contributed by atoms with Crippen molar-refractivity contribution in [3.63, 3.8) is 0 Å². The van der Waals surface area contributed by atoms with Crippen LogP contribution in [-0.2, 0) is 10.8 Å². The Morgan fingerprint density at radius 1 is 0.224 bits per heavy atom. The van der Waals surface area contributed by atoms with E-state index in [2.05, 4.69) is 442 Å². The quantitative estimate of drug-likeness (QED) is 0.147. The zero-order valence-corrected chi connectivity index (χ0v) is 63.2. The first-order chi connectivity index (χ1) is 52.1. The number of rotatable bonds is 7. The normalized spacial score (nSPS) is 12.2. The summed E-state index contributed by atoms with van der Waals surface area (Å²) in [5.74, 6) is 0. The topological polar surface area (TPSA) is 11.4 Å². The maximum atomic E-state index is 2.34. The van der Waals surface area contributed by atoms with Gasteiger partial charge in [0.25, 0.3) is 0 Å². The third kappa shape index (κ3) is 15.6. The van der Waals surface area contributed by atoms with Gasteiger partial charge < -0.3 is 14.4 Å². The average molecular weight is 1380 g/mol. The van der Waals surface area contributed by atoms with Gasteiger partial charge in [-0.3, -0.25) is 0 Å². The number of nitrogens with zero attached hydrogens (tertiary/aromatic N) is 3. The van der Waals surface area contributed by atoms with Crippen molar-refractivity contribution in [2.45, 2.75) is 66.2 Å². The van der Waals surface area contributed by atoms with E-state index in [1.165, 1.54) is 161 Å². The van der Waals surface area contributed by atoms with E-state index in [-0.39, 0.29) is 10.8 Å². The van der Waals surface area contributed by atoms with E-state index >= 15 is 0 Å². The van der Waals surface area contributed by atoms with Gasteiger partial charge in [0.2, 0.25) is 0 Å². The molecule has 0 saturated carbocycles. The Bertz CT molecular complexity index is 5740. The van der Waals surface area contributed by atoms with Crippen molar-refractivity contribution in [3.8, 4) is 50.2 Å². The molecule has 0 radical (unpaired) electrons. The number of para-hydroxylation sites is 4. The van der Waals surface area contributed by atoms with E-state index in [0.717, 1.165) is 0 Å². The summed E-state index contributed by atoms with van der Waals surface area (Å²) in [5.41, 5.74) is 30.6. The lowest BCUT2D eigenvalue weighted by molar-refractivity contribution is 0.660. The Kier molecular flexibility index (Phi) is 21.2. The van der Waals surface area contributed by atoms with E-state index in [4.69, 9.17) is 0 Å². The molecule has 107 heavy (non-hydrogen) atoms. The molecule has 0 fully saturated rings. The van der Waals surface area contributed by atoms with Crippen molar-refractivity contribution in [1.29, 1.82) is 0 Å². The van der Waals surface area contributed by atoms with Gasteiger partial charge in [-0.2, -0.15) is 0 Å². The summed E-state index contributed by atoms with van der Waals surface area (Å²) in [5, 5.41) is 7.90. The van der Waals surface area contributed by atoms with Crippen molar-refractivity contribution >= 4 is 66.1 Å². The Labute approximate surface area is 633 Å². The minimum absolute atomic E-state index is 0.151. The zero-order valence-electron chi connectivity index (χ0n) is 63.2. The van der Waals surface area contributed by atoms with Gasteiger partial charge in [-0.05, 0) is 206 Å². The van der Waals surface area contributed by atoms with Crippen molar-refractivity contribution in [1.82, 2.24) is 4.57 Å². The lowest BCUT2D eigenvalue weighted by Gasteiger charge is -2.21. The maximum absolute atomic E-state index is 2.34. The molecule has 0 bridgehead atoms. The highest BCUT2D eigenvalue weighted by Crippen LogP contribution is 2.50. The summed E-state index contributed by atoms with van der Waals surface area (Å²) in [6.07, 6.45) is 0. The number of fused-ring (bicyclic) bond motifs is 11. The molecule has 1 heterocycles. The number of aromatic nitrogens is 1. The summed E-state index contributed by atoms with van der Waals surface area (Å²) in [4.78, 5) is 4.38. The smallest absolute Gasteiger partial charge is 0.0543 e. The van der Waals surface area contributed by atoms with Gasteiger partial charge in [0.1, 0.15) is 0 Å². The summed E-state index contributed by atoms with van der Waals surface area (Å²) in [7, 11) is 4.18. The molecule has 16 aromatic carbocycles. The predicted octanol–water partition coefficient (Wildman–Crippen LogP) is 28.2. The first-order valence-corrected chi connectivity index (χ1v) is 37.3. The minimum Gasteiger partial charge on any atom is -0.345 e. The molecule has 19 rings (SSSR count). The predicted molar refractivity (Wildman–Crippen MR) is 462 cm³/mol. The van der Waals surface area contributed by atoms with E-state index in [1.54, 1.807) is 0 Å². The third-order valence-electron chi connectivity index (χ3n) is 21.2. The standard InChI is InChI=1S/C25H21N.C19H15N.2C16H16.C15H12.C13H13N/c1-26(24-16-12-22(13-17-24)20-8-4-2-5-9-20)25-18-14-23(15-19-25)21-10-6-3-7-11-21;1-14-11-12-17-16-9-5-6-10-18(16)20(19(17)13-14)15-7-3-2-4-8-15;1-11-8-9-15-13(10-11)12-6-4-5-7-14(12)16(15,2)3;1-11-8-9-13-12-6-4-5-7-14(12)16(2,3)15(13)10-11;1-11-6-7-14-9-12-4-2-3-5-13(12)10-15(14)8-11;1-14(12-8-4-2-5-9-12)13-10-6-3-7-11-13/h2-19H,1H3;2-13H,1H3;2*4-10H,1-3H3;2-10H,1H3;2-11H,1H3. The molecule has 3 heteroatoms. The van der Waals surface area contributed by atoms with Gasteiger partial charge >= 0.3 is 0 Å². The van der Waals surface area contributed by atoms with Crippen LogP contribution in [0.1, 0.15) is 72.2 Å². The Hall–Kier alpha value is -12.6. The van der Waals surface area contributed by atoms with E-state index in [1.807, 2.05) is 24.3 Å². The molecule has 17 aromatic rings. The van der Waals surface area contributed by atoms with Gasteiger partial charge in [0, 0.05) is 64.1 Å². The van der Waals surface area contributed by atoms with Crippen LogP contribution in [0.4, 0.5) is 22.7 Å². The summed E-state index contributed by atoms with van der Waals surface area (Å²) in [6.45, 7) is 17.9. The third-order valence-corrected chi connectivity index (χ3v) is 21.2. The van der Waals surface area contributed by atoms with Crippen LogP contribution in [0.25, 0.3) is 93.5 Å². The van der Waals surface area contributed by atoms with E-state index < -0.39 is 0 Å². The Morgan fingerprint density at radius 2 is 0.579 bits per heavy atom. The van der Waals surface area contributed by atoms with Gasteiger partial charge in [-0.15, -0.1) is 0 Å². The number of hydrogen-bond donors (Lipinski definition) is 0. The number of anilines is 4. The molecule has 0 N–H and O–H groups in total. The first-order valence-electron chi connectivity index (χ1n) is 37.3. The fourth-order valence-electron chi connectivity index (χ4n) is 15.3. The monoisotopic (exact) mass is 1380 g/mol. The van der Waals surface area contributed by atoms with Crippen molar-refractivity contribution in [2.24, 2.45) is 0 Å². The molecule has 0 aliphatic heterocycles. The van der Waals surface area contributed by atoms with Crippen LogP contribution < -0.4 is 9.80 Å². The van der Waals surface area contributed by atoms with Crippen LogP contribution in [0.2, 0.25) is 0 Å². The van der Waals surface area contributed by atoms with Gasteiger partial charge in [0.05, 0.1) is 11.0 Å². The molecular formula is C104H93N3. The van der Waals surface area contributed by atoms with Crippen LogP contribution in [0.3, 0.4) is 0 Å². The molecule has 0 saturated heterocycles. The van der Waals surface area contributed by atoms with Crippen molar-refractivity contribution in [2.75, 3.05) is 23.9 Å². The molecule has 2 aliphatic rings. The maximum Gasteiger partial charge on any atom is 0.0543 e. The van der Waals surface area contributed by atoms with Gasteiger partial charge in [-0.1, -0.05) is 342 Å². The average Bonchev–Trinajstić information content (AvgIpc) is 1.60. The highest BCUT2D eigenvalue weighted by atomic mass is 15.1. The Balaban J connectivity index is 0.000000109. The van der Waals surface area contributed by atoms with Gasteiger partial charge in [-0.25, -0.2) is 0 Å². The number of benzene rings is 16. The van der Waals surface area contributed by atoms with Crippen LogP contribution >= 0.6 is 0 Å². The lowest BCUT2D eigenvalue weighted by atomic mass is 9.82. The molecule has 3 nitrogen and oxygen atoms in total. The molecule has 2 aliphatic carbocycles. The molecule has 1 aromatic heterocycles. The zero-order chi connectivity index (χ0) is 74.0. The Morgan fingerprint density at radius 3 is 1.14 bits per heavy atom. The fourth-order valence-corrected chi connectivity index (χ4v) is 15.3. The number of hydrogen-bond acceptors (Lipinski definition) is 2. The molecule has 524 valence electrons. The lowest BCUT2D eigenvalue weighted by Crippen LogP contribution is -2.14. The number of aryl methyl sites for hydroxylation is 4. The van der Waals surface area contributed by atoms with Crippen molar-refractivity contribution < 1.29 is 0 Å². The summed E-state index contributed by atoms with van der Waals surface area (Å²) < 4.78 is 2.34. The largest absolute Gasteiger partial charge is 0.345 e. The first kappa shape index (κ1) is 71.4. The molecule has 0 unspecified atom stereocenters. The molecule has 0 atom stereocenters. The second-order valence-electron chi connectivity index (χ2n) is 29.3. The van der Waals surface area contributed by atoms with E-state index in [0.29, 0.717) is 0 Å². The van der Waals surface area contributed by atoms with Crippen LogP contribution in [-0.4, -0.2) is 18.7 Å². The van der Waals surface area contributed by atoms with E-state index in [9.17, 15) is 0 Å². The molecule has 0 spiro atoms. The van der Waals surface area contributed by atoms with Crippen LogP contribution in [0, 0.1) is 27.7 Å². The minimum atomic E-state index is 0.151. The molecule has 0 amide bonds. The van der Waals surface area contributed by atoms with Crippen LogP contribution in [0.5, 0.6) is 0 Å². The second-order valence-corrected chi connectivity index (χ2v) is 29.3. The SMILES string of the molecule is CN(c1ccc(-c2ccccc2)cc1)c1ccc(-c2ccccc2)cc1.CN(c1ccccc1)c1ccccc1.Cc1ccc2c(c1)-c1ccccc1C2(C)C.Cc1ccc2c(c1)C(C)(C)c1ccccc1-2.Cc1ccc2c3ccccc3n(-c3ccccc3)c2c1.Cc1ccc2cc3ccccc3cc2c1. The molecular weight excluding hydrogens is 1290 g/mol. The van der Waals surface area contributed by atoms with Crippen LogP contribution in [0.15, 0.2) is 382 Å². The second kappa shape index (κ2) is 31.8. The summed E-state index contributed by atoms with van der Waals surface area (Å²) >= 11 is 0. The highest BCUT2D eigenvalue weighted by molar-refractivity contribution is 6.09.